The van der Waals surface area contributed by atoms with Crippen LogP contribution >= 0.6 is 0 Å². The van der Waals surface area contributed by atoms with Crippen molar-refractivity contribution in [2.24, 2.45) is 0 Å². The first-order valence-electron chi connectivity index (χ1n) is 8.41. The van der Waals surface area contributed by atoms with Gasteiger partial charge in [-0.2, -0.15) is 0 Å². The molecule has 3 N–H and O–H groups in total. The lowest BCUT2D eigenvalue weighted by Crippen LogP contribution is -2.37. The lowest BCUT2D eigenvalue weighted by molar-refractivity contribution is -0.120. The van der Waals surface area contributed by atoms with E-state index in [9.17, 15) is 18.0 Å². The van der Waals surface area contributed by atoms with Gasteiger partial charge in [-0.15, -0.1) is 0 Å². The molecule has 1 aromatic carbocycles. The van der Waals surface area contributed by atoms with E-state index in [2.05, 4.69) is 15.0 Å². The number of amides is 1. The summed E-state index contributed by atoms with van der Waals surface area (Å²) in [5, 5.41) is 2.54. The average Bonchev–Trinajstić information content (AvgIpc) is 2.60. The Morgan fingerprint density at radius 2 is 1.85 bits per heavy atom. The molecule has 2 aromatic rings. The lowest BCUT2D eigenvalue weighted by Gasteiger charge is -2.10. The highest BCUT2D eigenvalue weighted by atomic mass is 32.2. The number of benzene rings is 1. The molecule has 0 unspecified atom stereocenters. The maximum atomic E-state index is 12.2. The highest BCUT2D eigenvalue weighted by molar-refractivity contribution is 7.89. The van der Waals surface area contributed by atoms with Crippen molar-refractivity contribution < 1.29 is 17.9 Å². The van der Waals surface area contributed by atoms with Crippen LogP contribution in [0, 0.1) is 13.8 Å². The van der Waals surface area contributed by atoms with Crippen LogP contribution in [0.15, 0.2) is 40.0 Å². The third kappa shape index (κ3) is 5.66. The van der Waals surface area contributed by atoms with Crippen molar-refractivity contribution >= 4 is 15.9 Å². The minimum Gasteiger partial charge on any atom is -0.494 e. The maximum absolute atomic E-state index is 12.2. The van der Waals surface area contributed by atoms with Gasteiger partial charge in [0, 0.05) is 17.8 Å². The molecule has 0 aliphatic heterocycles. The van der Waals surface area contributed by atoms with E-state index in [0.29, 0.717) is 17.9 Å². The first kappa shape index (κ1) is 20.7. The van der Waals surface area contributed by atoms with Crippen molar-refractivity contribution in [3.63, 3.8) is 0 Å². The number of carbonyl (C=O) groups excluding carboxylic acids is 1. The highest BCUT2D eigenvalue weighted by Gasteiger charge is 2.16. The maximum Gasteiger partial charge on any atom is 0.253 e. The summed E-state index contributed by atoms with van der Waals surface area (Å²) in [4.78, 5) is 26.6. The SMILES string of the molecule is CCOc1ccc(S(=O)(=O)NCC(=O)NCc2c(C)cc(C)[nH]c2=O)cc1. The van der Waals surface area contributed by atoms with Crippen molar-refractivity contribution in [3.8, 4) is 5.75 Å². The molecule has 0 fully saturated rings. The van der Waals surface area contributed by atoms with Gasteiger partial charge in [-0.3, -0.25) is 9.59 Å². The molecular weight excluding hydrogens is 370 g/mol. The molecule has 1 heterocycles. The van der Waals surface area contributed by atoms with Crippen molar-refractivity contribution in [2.75, 3.05) is 13.2 Å². The van der Waals surface area contributed by atoms with Crippen molar-refractivity contribution in [1.82, 2.24) is 15.0 Å². The van der Waals surface area contributed by atoms with E-state index in [-0.39, 0.29) is 17.0 Å². The zero-order chi connectivity index (χ0) is 20.0. The molecule has 0 bridgehead atoms. The van der Waals surface area contributed by atoms with E-state index >= 15 is 0 Å². The number of aromatic nitrogens is 1. The number of pyridine rings is 1. The number of nitrogens with one attached hydrogen (secondary N) is 3. The van der Waals surface area contributed by atoms with Crippen LogP contribution in [0.5, 0.6) is 5.75 Å². The van der Waals surface area contributed by atoms with Crippen LogP contribution in [0.4, 0.5) is 0 Å². The van der Waals surface area contributed by atoms with Gasteiger partial charge < -0.3 is 15.0 Å². The summed E-state index contributed by atoms with van der Waals surface area (Å²) in [6, 6.07) is 7.70. The Hall–Kier alpha value is -2.65. The first-order chi connectivity index (χ1) is 12.7. The molecule has 0 spiro atoms. The Bertz CT molecular complexity index is 965. The van der Waals surface area contributed by atoms with E-state index in [0.717, 1.165) is 11.3 Å². The lowest BCUT2D eigenvalue weighted by atomic mass is 10.1. The molecule has 1 aromatic heterocycles. The summed E-state index contributed by atoms with van der Waals surface area (Å²) in [5.41, 5.74) is 1.65. The van der Waals surface area contributed by atoms with Gasteiger partial charge in [-0.1, -0.05) is 0 Å². The van der Waals surface area contributed by atoms with E-state index < -0.39 is 22.5 Å². The third-order valence-corrected chi connectivity index (χ3v) is 5.24. The molecule has 0 aliphatic carbocycles. The van der Waals surface area contributed by atoms with E-state index in [1.807, 2.05) is 6.92 Å². The number of rotatable bonds is 8. The first-order valence-corrected chi connectivity index (χ1v) is 9.90. The predicted molar refractivity (Wildman–Crippen MR) is 101 cm³/mol. The van der Waals surface area contributed by atoms with Crippen LogP contribution in [-0.2, 0) is 21.4 Å². The molecule has 2 rings (SSSR count). The number of hydrogen-bond donors (Lipinski definition) is 3. The van der Waals surface area contributed by atoms with Crippen LogP contribution in [0.3, 0.4) is 0 Å². The number of ether oxygens (including phenoxy) is 1. The van der Waals surface area contributed by atoms with Gasteiger partial charge in [-0.05, 0) is 56.7 Å². The smallest absolute Gasteiger partial charge is 0.253 e. The fraction of sp³-hybridized carbons (Fsp3) is 0.333. The fourth-order valence-electron chi connectivity index (χ4n) is 2.48. The van der Waals surface area contributed by atoms with Crippen LogP contribution in [-0.4, -0.2) is 32.5 Å². The summed E-state index contributed by atoms with van der Waals surface area (Å²) in [6.45, 7) is 5.44. The van der Waals surface area contributed by atoms with Crippen LogP contribution in [0.2, 0.25) is 0 Å². The quantitative estimate of drug-likeness (QED) is 0.618. The topological polar surface area (TPSA) is 117 Å². The number of aryl methyl sites for hydroxylation is 2. The Morgan fingerprint density at radius 3 is 2.44 bits per heavy atom. The number of H-pyrrole nitrogens is 1. The molecule has 9 heteroatoms. The largest absolute Gasteiger partial charge is 0.494 e. The van der Waals surface area contributed by atoms with Gasteiger partial charge in [0.1, 0.15) is 5.75 Å². The van der Waals surface area contributed by atoms with Crippen LogP contribution in [0.1, 0.15) is 23.7 Å². The average molecular weight is 393 g/mol. The van der Waals surface area contributed by atoms with Gasteiger partial charge >= 0.3 is 0 Å². The summed E-state index contributed by atoms with van der Waals surface area (Å²) in [7, 11) is -3.83. The van der Waals surface area contributed by atoms with Gasteiger partial charge in [0.25, 0.3) is 5.56 Å². The minimum atomic E-state index is -3.83. The molecule has 0 aliphatic rings. The second-order valence-corrected chi connectivity index (χ2v) is 7.72. The zero-order valence-corrected chi connectivity index (χ0v) is 16.3. The molecule has 27 heavy (non-hydrogen) atoms. The molecule has 0 radical (unpaired) electrons. The Labute approximate surface area is 158 Å². The molecular formula is C18H23N3O5S. The summed E-state index contributed by atoms with van der Waals surface area (Å²) >= 11 is 0. The number of hydrogen-bond acceptors (Lipinski definition) is 5. The van der Waals surface area contributed by atoms with Gasteiger partial charge in [0.2, 0.25) is 15.9 Å². The highest BCUT2D eigenvalue weighted by Crippen LogP contribution is 2.15. The molecule has 0 atom stereocenters. The predicted octanol–water partition coefficient (Wildman–Crippen LogP) is 0.985. The van der Waals surface area contributed by atoms with Gasteiger partial charge in [0.15, 0.2) is 0 Å². The molecule has 0 saturated carbocycles. The third-order valence-electron chi connectivity index (χ3n) is 3.82. The normalized spacial score (nSPS) is 11.2. The van der Waals surface area contributed by atoms with E-state index in [1.54, 1.807) is 32.0 Å². The van der Waals surface area contributed by atoms with Gasteiger partial charge in [-0.25, -0.2) is 13.1 Å². The van der Waals surface area contributed by atoms with Gasteiger partial charge in [0.05, 0.1) is 18.0 Å². The van der Waals surface area contributed by atoms with Crippen LogP contribution < -0.4 is 20.3 Å². The molecule has 0 saturated heterocycles. The zero-order valence-electron chi connectivity index (χ0n) is 15.5. The second-order valence-electron chi connectivity index (χ2n) is 5.95. The van der Waals surface area contributed by atoms with Crippen molar-refractivity contribution in [1.29, 1.82) is 0 Å². The monoisotopic (exact) mass is 393 g/mol. The van der Waals surface area contributed by atoms with E-state index in [1.165, 1.54) is 12.1 Å². The Kier molecular flexibility index (Phi) is 6.75. The Morgan fingerprint density at radius 1 is 1.19 bits per heavy atom. The number of aromatic amines is 1. The van der Waals surface area contributed by atoms with Crippen molar-refractivity contribution in [3.05, 3.63) is 57.5 Å². The number of carbonyl (C=O) groups is 1. The molecule has 1 amide bonds. The molecule has 8 nitrogen and oxygen atoms in total. The second kappa shape index (κ2) is 8.83. The Balaban J connectivity index is 1.93. The summed E-state index contributed by atoms with van der Waals surface area (Å²) in [6.07, 6.45) is 0. The van der Waals surface area contributed by atoms with Crippen molar-refractivity contribution in [2.45, 2.75) is 32.2 Å². The fourth-order valence-corrected chi connectivity index (χ4v) is 3.46. The molecule has 146 valence electrons. The summed E-state index contributed by atoms with van der Waals surface area (Å²) in [5.74, 6) is 0.0248. The van der Waals surface area contributed by atoms with E-state index in [4.69, 9.17) is 4.74 Å². The minimum absolute atomic E-state index is 0.0189. The standard InChI is InChI=1S/C18H23N3O5S/c1-4-26-14-5-7-15(8-6-14)27(24,25)20-11-17(22)19-10-16-12(2)9-13(3)21-18(16)23/h5-9,20H,4,10-11H2,1-3H3,(H,19,22)(H,21,23). The number of sulfonamides is 1. The summed E-state index contributed by atoms with van der Waals surface area (Å²) < 4.78 is 32.0. The van der Waals surface area contributed by atoms with Crippen LogP contribution in [0.25, 0.3) is 0 Å².